The fourth-order valence-electron chi connectivity index (χ4n) is 0.773. The summed E-state index contributed by atoms with van der Waals surface area (Å²) in [5, 5.41) is 17.4. The van der Waals surface area contributed by atoms with Crippen molar-refractivity contribution >= 4 is 11.6 Å². The lowest BCUT2D eigenvalue weighted by atomic mass is 10.1. The number of Topliss-reactive ketones (excluding diaryl/α,β-unsaturated/α-hetero) is 2. The van der Waals surface area contributed by atoms with Crippen LogP contribution in [0.25, 0.3) is 0 Å². The largest absolute Gasteiger partial charge is 0.389 e. The molecule has 0 saturated carbocycles. The average molecular weight is 174 g/mol. The van der Waals surface area contributed by atoms with E-state index in [2.05, 4.69) is 0 Å². The van der Waals surface area contributed by atoms with Gasteiger partial charge in [-0.25, -0.2) is 0 Å². The van der Waals surface area contributed by atoms with Gasteiger partial charge in [0.25, 0.3) is 0 Å². The third-order valence-electron chi connectivity index (χ3n) is 1.59. The number of aliphatic hydroxyl groups is 2. The molecule has 0 aliphatic carbocycles. The van der Waals surface area contributed by atoms with Crippen LogP contribution in [-0.4, -0.2) is 34.5 Å². The first-order valence-corrected chi connectivity index (χ1v) is 3.95. The molecular formula is C8H14O4. The van der Waals surface area contributed by atoms with Crippen molar-refractivity contribution in [2.24, 2.45) is 0 Å². The molecule has 4 nitrogen and oxygen atoms in total. The van der Waals surface area contributed by atoms with Gasteiger partial charge in [0.15, 0.2) is 11.6 Å². The number of hydrogen-bond acceptors (Lipinski definition) is 4. The Morgan fingerprint density at radius 2 is 2.00 bits per heavy atom. The van der Waals surface area contributed by atoms with E-state index in [0.29, 0.717) is 0 Å². The van der Waals surface area contributed by atoms with Gasteiger partial charge >= 0.3 is 0 Å². The van der Waals surface area contributed by atoms with Gasteiger partial charge in [0.1, 0.15) is 12.7 Å². The summed E-state index contributed by atoms with van der Waals surface area (Å²) in [5.74, 6) is -0.612. The SMILES string of the molecule is CCC(=O)C(O)CCC(=O)CO. The summed E-state index contributed by atoms with van der Waals surface area (Å²) >= 11 is 0. The summed E-state index contributed by atoms with van der Waals surface area (Å²) < 4.78 is 0. The van der Waals surface area contributed by atoms with Crippen LogP contribution in [0.15, 0.2) is 0 Å². The molecule has 0 heterocycles. The van der Waals surface area contributed by atoms with Crippen LogP contribution in [0.5, 0.6) is 0 Å². The summed E-state index contributed by atoms with van der Waals surface area (Å²) in [6, 6.07) is 0. The zero-order valence-electron chi connectivity index (χ0n) is 7.12. The van der Waals surface area contributed by atoms with Crippen LogP contribution >= 0.6 is 0 Å². The van der Waals surface area contributed by atoms with Crippen LogP contribution in [0.1, 0.15) is 26.2 Å². The van der Waals surface area contributed by atoms with Crippen molar-refractivity contribution < 1.29 is 19.8 Å². The van der Waals surface area contributed by atoms with Crippen molar-refractivity contribution in [3.8, 4) is 0 Å². The van der Waals surface area contributed by atoms with Gasteiger partial charge in [-0.2, -0.15) is 0 Å². The Balaban J connectivity index is 3.63. The van der Waals surface area contributed by atoms with Crippen molar-refractivity contribution in [2.45, 2.75) is 32.3 Å². The summed E-state index contributed by atoms with van der Waals surface area (Å²) in [6.45, 7) is 1.13. The van der Waals surface area contributed by atoms with Gasteiger partial charge in [-0.15, -0.1) is 0 Å². The Hall–Kier alpha value is -0.740. The highest BCUT2D eigenvalue weighted by Gasteiger charge is 2.13. The fourth-order valence-corrected chi connectivity index (χ4v) is 0.773. The van der Waals surface area contributed by atoms with E-state index in [4.69, 9.17) is 10.2 Å². The molecule has 1 unspecified atom stereocenters. The monoisotopic (exact) mass is 174 g/mol. The van der Waals surface area contributed by atoms with E-state index in [1.807, 2.05) is 0 Å². The molecule has 70 valence electrons. The zero-order chi connectivity index (χ0) is 9.56. The van der Waals surface area contributed by atoms with Crippen molar-refractivity contribution in [1.82, 2.24) is 0 Å². The van der Waals surface area contributed by atoms with E-state index in [1.165, 1.54) is 0 Å². The lowest BCUT2D eigenvalue weighted by Gasteiger charge is -2.05. The summed E-state index contributed by atoms with van der Waals surface area (Å²) in [4.78, 5) is 21.3. The molecule has 0 spiro atoms. The Kier molecular flexibility index (Phi) is 5.49. The minimum Gasteiger partial charge on any atom is -0.389 e. The molecule has 0 amide bonds. The topological polar surface area (TPSA) is 74.6 Å². The van der Waals surface area contributed by atoms with Crippen LogP contribution in [0, 0.1) is 0 Å². The molecule has 0 saturated heterocycles. The number of carbonyl (C=O) groups excluding carboxylic acids is 2. The van der Waals surface area contributed by atoms with Gasteiger partial charge in [0, 0.05) is 12.8 Å². The van der Waals surface area contributed by atoms with Crippen molar-refractivity contribution in [3.05, 3.63) is 0 Å². The number of hydrogen-bond donors (Lipinski definition) is 2. The first-order chi connectivity index (χ1) is 5.61. The number of rotatable bonds is 6. The molecular weight excluding hydrogens is 160 g/mol. The molecule has 2 N–H and O–H groups in total. The molecule has 0 fully saturated rings. The molecule has 0 aliphatic heterocycles. The maximum atomic E-state index is 10.8. The molecule has 0 radical (unpaired) electrons. The van der Waals surface area contributed by atoms with Crippen LogP contribution in [0.4, 0.5) is 0 Å². The van der Waals surface area contributed by atoms with E-state index >= 15 is 0 Å². The Labute approximate surface area is 71.2 Å². The normalized spacial score (nSPS) is 12.6. The molecule has 0 aromatic heterocycles. The van der Waals surface area contributed by atoms with Gasteiger partial charge in [0.05, 0.1) is 0 Å². The molecule has 0 bridgehead atoms. The maximum Gasteiger partial charge on any atom is 0.161 e. The molecule has 0 aromatic carbocycles. The van der Waals surface area contributed by atoms with Gasteiger partial charge < -0.3 is 10.2 Å². The lowest BCUT2D eigenvalue weighted by molar-refractivity contribution is -0.128. The quantitative estimate of drug-likeness (QED) is 0.578. The predicted molar refractivity (Wildman–Crippen MR) is 42.6 cm³/mol. The van der Waals surface area contributed by atoms with Crippen LogP contribution in [0.2, 0.25) is 0 Å². The second kappa shape index (κ2) is 5.85. The number of ketones is 2. The smallest absolute Gasteiger partial charge is 0.161 e. The lowest BCUT2D eigenvalue weighted by Crippen LogP contribution is -2.20. The predicted octanol–water partition coefficient (Wildman–Crippen LogP) is -0.332. The zero-order valence-corrected chi connectivity index (χ0v) is 7.12. The molecule has 4 heteroatoms. The highest BCUT2D eigenvalue weighted by molar-refractivity contribution is 5.84. The highest BCUT2D eigenvalue weighted by Crippen LogP contribution is 2.01. The second-order valence-electron chi connectivity index (χ2n) is 2.57. The standard InChI is InChI=1S/C8H14O4/c1-2-7(11)8(12)4-3-6(10)5-9/h8-9,12H,2-5H2,1H3. The Bertz CT molecular complexity index is 164. The van der Waals surface area contributed by atoms with E-state index in [1.54, 1.807) is 6.92 Å². The highest BCUT2D eigenvalue weighted by atomic mass is 16.3. The van der Waals surface area contributed by atoms with Gasteiger partial charge in [-0.1, -0.05) is 6.92 Å². The molecule has 0 aliphatic rings. The van der Waals surface area contributed by atoms with Gasteiger partial charge in [0.2, 0.25) is 0 Å². The molecule has 0 aromatic rings. The summed E-state index contributed by atoms with van der Waals surface area (Å²) in [5.41, 5.74) is 0. The first kappa shape index (κ1) is 11.3. The summed E-state index contributed by atoms with van der Waals surface area (Å²) in [7, 11) is 0. The second-order valence-corrected chi connectivity index (χ2v) is 2.57. The number of carbonyl (C=O) groups is 2. The number of aliphatic hydroxyl groups excluding tert-OH is 2. The third-order valence-corrected chi connectivity index (χ3v) is 1.59. The van der Waals surface area contributed by atoms with E-state index < -0.39 is 12.7 Å². The molecule has 12 heavy (non-hydrogen) atoms. The minimum absolute atomic E-state index is 0.0589. The minimum atomic E-state index is -1.05. The van der Waals surface area contributed by atoms with Crippen molar-refractivity contribution in [1.29, 1.82) is 0 Å². The van der Waals surface area contributed by atoms with Gasteiger partial charge in [-0.3, -0.25) is 9.59 Å². The maximum absolute atomic E-state index is 10.8. The van der Waals surface area contributed by atoms with E-state index in [0.717, 1.165) is 0 Å². The Morgan fingerprint density at radius 3 is 2.42 bits per heavy atom. The molecule has 1 atom stereocenters. The van der Waals surface area contributed by atoms with E-state index in [-0.39, 0.29) is 30.8 Å². The third kappa shape index (κ3) is 4.20. The van der Waals surface area contributed by atoms with Crippen LogP contribution in [-0.2, 0) is 9.59 Å². The summed E-state index contributed by atoms with van der Waals surface area (Å²) in [6.07, 6.45) is -0.602. The van der Waals surface area contributed by atoms with Crippen LogP contribution < -0.4 is 0 Å². The Morgan fingerprint density at radius 1 is 1.42 bits per heavy atom. The van der Waals surface area contributed by atoms with Crippen molar-refractivity contribution in [3.63, 3.8) is 0 Å². The van der Waals surface area contributed by atoms with Gasteiger partial charge in [-0.05, 0) is 6.42 Å². The first-order valence-electron chi connectivity index (χ1n) is 3.95. The van der Waals surface area contributed by atoms with Crippen molar-refractivity contribution in [2.75, 3.05) is 6.61 Å². The fraction of sp³-hybridized carbons (Fsp3) is 0.750. The van der Waals surface area contributed by atoms with E-state index in [9.17, 15) is 9.59 Å². The average Bonchev–Trinajstić information content (AvgIpc) is 2.11. The molecule has 0 rings (SSSR count). The van der Waals surface area contributed by atoms with Crippen LogP contribution in [0.3, 0.4) is 0 Å².